The van der Waals surface area contributed by atoms with E-state index < -0.39 is 16.0 Å². The van der Waals surface area contributed by atoms with Crippen LogP contribution in [-0.4, -0.2) is 26.8 Å². The molecule has 0 saturated carbocycles. The van der Waals surface area contributed by atoms with E-state index in [2.05, 4.69) is 16.1 Å². The fraction of sp³-hybridized carbons (Fsp3) is 0.625. The summed E-state index contributed by atoms with van der Waals surface area (Å²) < 4.78 is 26.5. The lowest BCUT2D eigenvalue weighted by molar-refractivity contribution is -0.118. The molecule has 6 heteroatoms. The normalized spacial score (nSPS) is 11.0. The molecule has 0 aliphatic carbocycles. The zero-order valence-electron chi connectivity index (χ0n) is 8.37. The van der Waals surface area contributed by atoms with E-state index in [9.17, 15) is 13.2 Å². The first kappa shape index (κ1) is 13.1. The second kappa shape index (κ2) is 5.77. The molecule has 0 aliphatic rings. The van der Waals surface area contributed by atoms with Crippen molar-refractivity contribution in [2.24, 2.45) is 0 Å². The van der Waals surface area contributed by atoms with Crippen LogP contribution in [0.3, 0.4) is 0 Å². The maximum absolute atomic E-state index is 11.0. The molecule has 0 aromatic rings. The lowest BCUT2D eigenvalue weighted by atomic mass is 10.3. The van der Waals surface area contributed by atoms with Crippen LogP contribution in [0.5, 0.6) is 0 Å². The predicted octanol–water partition coefficient (Wildman–Crippen LogP) is 0.393. The summed E-state index contributed by atoms with van der Waals surface area (Å²) in [5, 5.41) is 2.26. The number of rotatable bonds is 6. The van der Waals surface area contributed by atoms with Gasteiger partial charge in [-0.25, -0.2) is 4.18 Å². The Labute approximate surface area is 84.3 Å². The van der Waals surface area contributed by atoms with E-state index in [1.807, 2.05) is 0 Å². The van der Waals surface area contributed by atoms with Crippen LogP contribution in [-0.2, 0) is 19.1 Å². The molecule has 0 rings (SSSR count). The molecule has 0 saturated heterocycles. The van der Waals surface area contributed by atoms with Gasteiger partial charge in [0.25, 0.3) is 10.1 Å². The molecular weight excluding hydrogens is 206 g/mol. The number of hydrogen-bond donors (Lipinski definition) is 1. The van der Waals surface area contributed by atoms with E-state index in [1.165, 1.54) is 6.92 Å². The van der Waals surface area contributed by atoms with Gasteiger partial charge in [0.15, 0.2) is 0 Å². The third-order valence-corrected chi connectivity index (χ3v) is 2.70. The van der Waals surface area contributed by atoms with E-state index in [1.54, 1.807) is 6.92 Å². The van der Waals surface area contributed by atoms with Gasteiger partial charge in [-0.2, -0.15) is 8.42 Å². The number of amides is 1. The van der Waals surface area contributed by atoms with E-state index in [4.69, 9.17) is 0 Å². The predicted molar refractivity (Wildman–Crippen MR) is 53.0 cm³/mol. The van der Waals surface area contributed by atoms with Gasteiger partial charge in [0.1, 0.15) is 6.73 Å². The Balaban J connectivity index is 3.86. The average Bonchev–Trinajstić information content (AvgIpc) is 2.03. The van der Waals surface area contributed by atoms with Crippen molar-refractivity contribution in [3.63, 3.8) is 0 Å². The fourth-order valence-electron chi connectivity index (χ4n) is 0.645. The highest BCUT2D eigenvalue weighted by Crippen LogP contribution is 1.94. The molecule has 0 heterocycles. The minimum absolute atomic E-state index is 0.0457. The van der Waals surface area contributed by atoms with Crippen LogP contribution in [0.1, 0.15) is 20.3 Å². The Morgan fingerprint density at radius 2 is 2.07 bits per heavy atom. The van der Waals surface area contributed by atoms with Gasteiger partial charge >= 0.3 is 0 Å². The van der Waals surface area contributed by atoms with Gasteiger partial charge in [0, 0.05) is 5.57 Å². The van der Waals surface area contributed by atoms with E-state index in [-0.39, 0.29) is 12.5 Å². The van der Waals surface area contributed by atoms with Gasteiger partial charge in [-0.15, -0.1) is 0 Å². The molecule has 0 bridgehead atoms. The van der Waals surface area contributed by atoms with Crippen molar-refractivity contribution in [3.05, 3.63) is 12.2 Å². The lowest BCUT2D eigenvalue weighted by Crippen LogP contribution is -2.28. The molecule has 0 aromatic heterocycles. The summed E-state index contributed by atoms with van der Waals surface area (Å²) in [6.45, 7) is 6.30. The van der Waals surface area contributed by atoms with Crippen molar-refractivity contribution in [1.82, 2.24) is 5.32 Å². The molecule has 0 atom stereocenters. The molecule has 14 heavy (non-hydrogen) atoms. The summed E-state index contributed by atoms with van der Waals surface area (Å²) in [4.78, 5) is 10.9. The van der Waals surface area contributed by atoms with Crippen LogP contribution in [0.25, 0.3) is 0 Å². The van der Waals surface area contributed by atoms with Gasteiger partial charge in [-0.1, -0.05) is 13.5 Å². The highest BCUT2D eigenvalue weighted by molar-refractivity contribution is 7.86. The Kier molecular flexibility index (Phi) is 5.40. The highest BCUT2D eigenvalue weighted by atomic mass is 32.2. The Bertz CT molecular complexity index is 307. The third-order valence-electron chi connectivity index (χ3n) is 1.31. The molecule has 0 aromatic carbocycles. The first-order valence-corrected chi connectivity index (χ1v) is 5.77. The number of nitrogens with one attached hydrogen (secondary N) is 1. The summed E-state index contributed by atoms with van der Waals surface area (Å²) in [6, 6.07) is 0. The Morgan fingerprint density at radius 3 is 2.50 bits per heavy atom. The van der Waals surface area contributed by atoms with Gasteiger partial charge in [-0.3, -0.25) is 4.79 Å². The Morgan fingerprint density at radius 1 is 1.50 bits per heavy atom. The smallest absolute Gasteiger partial charge is 0.269 e. The second-order valence-electron chi connectivity index (χ2n) is 2.81. The van der Waals surface area contributed by atoms with E-state index >= 15 is 0 Å². The quantitative estimate of drug-likeness (QED) is 0.400. The molecule has 5 nitrogen and oxygen atoms in total. The van der Waals surface area contributed by atoms with Gasteiger partial charge < -0.3 is 5.32 Å². The van der Waals surface area contributed by atoms with Crippen molar-refractivity contribution in [1.29, 1.82) is 0 Å². The third kappa shape index (κ3) is 5.71. The number of hydrogen-bond acceptors (Lipinski definition) is 4. The molecule has 0 spiro atoms. The maximum Gasteiger partial charge on any atom is 0.269 e. The zero-order chi connectivity index (χ0) is 11.2. The van der Waals surface area contributed by atoms with Crippen LogP contribution in [0.4, 0.5) is 0 Å². The minimum atomic E-state index is -3.50. The molecule has 0 fully saturated rings. The molecule has 1 N–H and O–H groups in total. The largest absolute Gasteiger partial charge is 0.328 e. The summed E-state index contributed by atoms with van der Waals surface area (Å²) in [6.07, 6.45) is 0.483. The standard InChI is InChI=1S/C8H15NO4S/c1-4-5-14(11,12)13-6-9-8(10)7(2)3/h2,4-6H2,1,3H3,(H,9,10). The van der Waals surface area contributed by atoms with Gasteiger partial charge in [0.05, 0.1) is 5.75 Å². The summed E-state index contributed by atoms with van der Waals surface area (Å²) in [5.41, 5.74) is 0.307. The summed E-state index contributed by atoms with van der Waals surface area (Å²) >= 11 is 0. The van der Waals surface area contributed by atoms with Crippen molar-refractivity contribution in [3.8, 4) is 0 Å². The molecule has 1 amide bonds. The van der Waals surface area contributed by atoms with E-state index in [0.29, 0.717) is 12.0 Å². The Hall–Kier alpha value is -0.880. The van der Waals surface area contributed by atoms with Crippen LogP contribution in [0.2, 0.25) is 0 Å². The molecule has 0 aliphatic heterocycles. The number of carbonyl (C=O) groups excluding carboxylic acids is 1. The topological polar surface area (TPSA) is 72.5 Å². The molecular formula is C8H15NO4S. The molecule has 0 unspecified atom stereocenters. The van der Waals surface area contributed by atoms with Crippen LogP contribution in [0.15, 0.2) is 12.2 Å². The minimum Gasteiger partial charge on any atom is -0.328 e. The highest BCUT2D eigenvalue weighted by Gasteiger charge is 2.09. The van der Waals surface area contributed by atoms with Crippen molar-refractivity contribution >= 4 is 16.0 Å². The first-order chi connectivity index (χ1) is 6.39. The average molecular weight is 221 g/mol. The monoisotopic (exact) mass is 221 g/mol. The number of carbonyl (C=O) groups is 1. The zero-order valence-corrected chi connectivity index (χ0v) is 9.19. The van der Waals surface area contributed by atoms with Crippen molar-refractivity contribution < 1.29 is 17.4 Å². The summed E-state index contributed by atoms with van der Waals surface area (Å²) in [5.74, 6) is -0.465. The van der Waals surface area contributed by atoms with Gasteiger partial charge in [-0.05, 0) is 13.3 Å². The first-order valence-electron chi connectivity index (χ1n) is 4.20. The molecule has 0 radical (unpaired) electrons. The van der Waals surface area contributed by atoms with Crippen LogP contribution < -0.4 is 5.32 Å². The maximum atomic E-state index is 11.0. The van der Waals surface area contributed by atoms with Crippen molar-refractivity contribution in [2.45, 2.75) is 20.3 Å². The summed E-state index contributed by atoms with van der Waals surface area (Å²) in [7, 11) is -3.50. The van der Waals surface area contributed by atoms with Crippen molar-refractivity contribution in [2.75, 3.05) is 12.5 Å². The molecule has 82 valence electrons. The van der Waals surface area contributed by atoms with E-state index in [0.717, 1.165) is 0 Å². The van der Waals surface area contributed by atoms with Gasteiger partial charge in [0.2, 0.25) is 5.91 Å². The van der Waals surface area contributed by atoms with Crippen LogP contribution >= 0.6 is 0 Å². The lowest BCUT2D eigenvalue weighted by Gasteiger charge is -2.05. The van der Waals surface area contributed by atoms with Crippen LogP contribution in [0, 0.1) is 0 Å². The fourth-order valence-corrected chi connectivity index (χ4v) is 1.50. The second-order valence-corrected chi connectivity index (χ2v) is 4.57. The SMILES string of the molecule is C=C(C)C(=O)NCOS(=O)(=O)CCC.